The van der Waals surface area contributed by atoms with Crippen LogP contribution in [0.25, 0.3) is 0 Å². The molecule has 30 heavy (non-hydrogen) atoms. The van der Waals surface area contributed by atoms with Gasteiger partial charge in [0.25, 0.3) is 5.91 Å². The minimum Gasteiger partial charge on any atom is -0.493 e. The van der Waals surface area contributed by atoms with Crippen molar-refractivity contribution in [3.63, 3.8) is 0 Å². The number of halogens is 3. The highest BCUT2D eigenvalue weighted by atomic mass is 35.5. The van der Waals surface area contributed by atoms with Crippen LogP contribution < -0.4 is 20.1 Å². The zero-order valence-electron chi connectivity index (χ0n) is 16.0. The largest absolute Gasteiger partial charge is 0.493 e. The summed E-state index contributed by atoms with van der Waals surface area (Å²) in [5, 5.41) is 7.60. The minimum absolute atomic E-state index is 0.153. The van der Waals surface area contributed by atoms with E-state index >= 15 is 0 Å². The van der Waals surface area contributed by atoms with Crippen molar-refractivity contribution in [1.82, 2.24) is 0 Å². The molecule has 0 saturated heterocycles. The van der Waals surface area contributed by atoms with Gasteiger partial charge in [-0.1, -0.05) is 40.9 Å². The molecule has 156 valence electrons. The van der Waals surface area contributed by atoms with E-state index < -0.39 is 0 Å². The number of hydrogen-bond acceptors (Lipinski definition) is 4. The van der Waals surface area contributed by atoms with Crippen LogP contribution in [0.15, 0.2) is 60.7 Å². The second kappa shape index (κ2) is 10.4. The average Bonchev–Trinajstić information content (AvgIpc) is 2.75. The highest BCUT2D eigenvalue weighted by Gasteiger charge is 2.10. The molecule has 0 spiro atoms. The molecule has 0 fully saturated rings. The molecule has 2 N–H and O–H groups in total. The Bertz CT molecular complexity index is 1030. The molecule has 0 bridgehead atoms. The summed E-state index contributed by atoms with van der Waals surface area (Å²) in [6.45, 7) is 0.394. The Morgan fingerprint density at radius 2 is 1.60 bits per heavy atom. The molecule has 3 rings (SSSR count). The van der Waals surface area contributed by atoms with Gasteiger partial charge >= 0.3 is 0 Å². The van der Waals surface area contributed by atoms with Gasteiger partial charge in [-0.05, 0) is 60.2 Å². The number of nitrogens with one attached hydrogen (secondary N) is 2. The van der Waals surface area contributed by atoms with Crippen molar-refractivity contribution in [2.45, 2.75) is 6.54 Å². The Kier molecular flexibility index (Phi) is 7.69. The number of amides is 1. The molecule has 8 heteroatoms. The van der Waals surface area contributed by atoms with Crippen LogP contribution in [0.3, 0.4) is 0 Å². The van der Waals surface area contributed by atoms with Crippen molar-refractivity contribution >= 4 is 52.1 Å². The Morgan fingerprint density at radius 1 is 0.867 bits per heavy atom. The lowest BCUT2D eigenvalue weighted by Crippen LogP contribution is -2.20. The zero-order valence-corrected chi connectivity index (χ0v) is 18.3. The summed E-state index contributed by atoms with van der Waals surface area (Å²) in [6, 6.07) is 17.7. The lowest BCUT2D eigenvalue weighted by molar-refractivity contribution is -0.118. The number of benzene rings is 3. The van der Waals surface area contributed by atoms with Crippen LogP contribution in [-0.4, -0.2) is 19.6 Å². The van der Waals surface area contributed by atoms with Crippen molar-refractivity contribution < 1.29 is 14.3 Å². The van der Waals surface area contributed by atoms with Crippen molar-refractivity contribution in [2.75, 3.05) is 24.4 Å². The van der Waals surface area contributed by atoms with E-state index in [1.54, 1.807) is 49.6 Å². The maximum atomic E-state index is 12.1. The van der Waals surface area contributed by atoms with Crippen molar-refractivity contribution in [1.29, 1.82) is 0 Å². The highest BCUT2D eigenvalue weighted by Crippen LogP contribution is 2.29. The maximum absolute atomic E-state index is 12.1. The number of anilines is 2. The Labute approximate surface area is 189 Å². The summed E-state index contributed by atoms with van der Waals surface area (Å²) in [5.74, 6) is 0.717. The van der Waals surface area contributed by atoms with E-state index in [1.165, 1.54) is 0 Å². The summed E-state index contributed by atoms with van der Waals surface area (Å²) in [6.07, 6.45) is 0. The normalized spacial score (nSPS) is 10.4. The standard InChI is InChI=1S/C22H19Cl3N2O3/c1-29-21-10-14(12-26-17-7-8-18(24)19(25)11-17)2-9-20(21)30-13-22(28)27-16-5-3-15(23)4-6-16/h2-11,26H,12-13H2,1H3,(H,27,28). The van der Waals surface area contributed by atoms with E-state index in [0.29, 0.717) is 38.8 Å². The van der Waals surface area contributed by atoms with Gasteiger partial charge in [0.15, 0.2) is 18.1 Å². The van der Waals surface area contributed by atoms with Crippen LogP contribution in [0, 0.1) is 0 Å². The van der Waals surface area contributed by atoms with E-state index in [0.717, 1.165) is 11.3 Å². The topological polar surface area (TPSA) is 59.6 Å². The predicted octanol–water partition coefficient (Wildman–Crippen LogP) is 6.29. The van der Waals surface area contributed by atoms with Gasteiger partial charge in [0.2, 0.25) is 0 Å². The second-order valence-electron chi connectivity index (χ2n) is 6.31. The lowest BCUT2D eigenvalue weighted by atomic mass is 10.2. The Morgan fingerprint density at radius 3 is 2.30 bits per heavy atom. The van der Waals surface area contributed by atoms with Gasteiger partial charge in [-0.3, -0.25) is 4.79 Å². The van der Waals surface area contributed by atoms with Gasteiger partial charge in [0.05, 0.1) is 17.2 Å². The summed E-state index contributed by atoms with van der Waals surface area (Å²) in [7, 11) is 1.55. The van der Waals surface area contributed by atoms with Gasteiger partial charge in [0, 0.05) is 22.9 Å². The van der Waals surface area contributed by atoms with E-state index in [9.17, 15) is 4.79 Å². The number of rotatable bonds is 8. The molecule has 0 aliphatic heterocycles. The number of hydrogen-bond donors (Lipinski definition) is 2. The van der Waals surface area contributed by atoms with Gasteiger partial charge < -0.3 is 20.1 Å². The third-order valence-corrected chi connectivity index (χ3v) is 5.12. The van der Waals surface area contributed by atoms with Crippen LogP contribution in [0.1, 0.15) is 5.56 Å². The monoisotopic (exact) mass is 464 g/mol. The average molecular weight is 466 g/mol. The van der Waals surface area contributed by atoms with Gasteiger partial charge in [-0.2, -0.15) is 0 Å². The second-order valence-corrected chi connectivity index (χ2v) is 7.56. The summed E-state index contributed by atoms with van der Waals surface area (Å²) in [4.78, 5) is 12.1. The molecular formula is C22H19Cl3N2O3. The van der Waals surface area contributed by atoms with E-state index in [4.69, 9.17) is 44.3 Å². The molecule has 0 aromatic heterocycles. The smallest absolute Gasteiger partial charge is 0.262 e. The lowest BCUT2D eigenvalue weighted by Gasteiger charge is -2.13. The van der Waals surface area contributed by atoms with E-state index in [2.05, 4.69) is 10.6 Å². The molecule has 0 aliphatic carbocycles. The highest BCUT2D eigenvalue weighted by molar-refractivity contribution is 6.42. The molecule has 1 amide bonds. The molecule has 0 atom stereocenters. The van der Waals surface area contributed by atoms with Gasteiger partial charge in [0.1, 0.15) is 0 Å². The van der Waals surface area contributed by atoms with Crippen LogP contribution >= 0.6 is 34.8 Å². The first-order valence-electron chi connectivity index (χ1n) is 8.98. The van der Waals surface area contributed by atoms with Crippen molar-refractivity contribution in [2.24, 2.45) is 0 Å². The molecule has 3 aromatic carbocycles. The zero-order chi connectivity index (χ0) is 21.5. The predicted molar refractivity (Wildman–Crippen MR) is 122 cm³/mol. The fraction of sp³-hybridized carbons (Fsp3) is 0.136. The fourth-order valence-electron chi connectivity index (χ4n) is 2.63. The fourth-order valence-corrected chi connectivity index (χ4v) is 3.05. The SMILES string of the molecule is COc1cc(CNc2ccc(Cl)c(Cl)c2)ccc1OCC(=O)Nc1ccc(Cl)cc1. The first-order chi connectivity index (χ1) is 14.4. The number of carbonyl (C=O) groups is 1. The molecule has 0 radical (unpaired) electrons. The minimum atomic E-state index is -0.287. The first kappa shape index (κ1) is 22.1. The third-order valence-electron chi connectivity index (χ3n) is 4.13. The Hall–Kier alpha value is -2.60. The Balaban J connectivity index is 1.57. The van der Waals surface area contributed by atoms with Crippen LogP contribution in [0.2, 0.25) is 15.1 Å². The molecule has 0 aliphatic rings. The number of carbonyl (C=O) groups excluding carboxylic acids is 1. The van der Waals surface area contributed by atoms with Gasteiger partial charge in [-0.25, -0.2) is 0 Å². The number of methoxy groups -OCH3 is 1. The molecular weight excluding hydrogens is 447 g/mol. The molecule has 3 aromatic rings. The summed E-state index contributed by atoms with van der Waals surface area (Å²) in [5.41, 5.74) is 2.46. The first-order valence-corrected chi connectivity index (χ1v) is 10.1. The molecule has 0 heterocycles. The van der Waals surface area contributed by atoms with Crippen LogP contribution in [-0.2, 0) is 11.3 Å². The van der Waals surface area contributed by atoms with Crippen LogP contribution in [0.4, 0.5) is 11.4 Å². The molecule has 0 unspecified atom stereocenters. The molecule has 5 nitrogen and oxygen atoms in total. The van der Waals surface area contributed by atoms with Crippen LogP contribution in [0.5, 0.6) is 11.5 Å². The van der Waals surface area contributed by atoms with Gasteiger partial charge in [-0.15, -0.1) is 0 Å². The third kappa shape index (κ3) is 6.20. The summed E-state index contributed by atoms with van der Waals surface area (Å²) >= 11 is 17.8. The number of ether oxygens (including phenoxy) is 2. The summed E-state index contributed by atoms with van der Waals surface area (Å²) < 4.78 is 11.0. The van der Waals surface area contributed by atoms with E-state index in [-0.39, 0.29) is 12.5 Å². The molecule has 0 saturated carbocycles. The van der Waals surface area contributed by atoms with Crippen molar-refractivity contribution in [3.05, 3.63) is 81.3 Å². The quantitative estimate of drug-likeness (QED) is 0.411. The maximum Gasteiger partial charge on any atom is 0.262 e. The van der Waals surface area contributed by atoms with Crippen molar-refractivity contribution in [3.8, 4) is 11.5 Å². The van der Waals surface area contributed by atoms with E-state index in [1.807, 2.05) is 18.2 Å².